The minimum Gasteiger partial charge on any atom is -0.496 e. The van der Waals surface area contributed by atoms with Gasteiger partial charge in [-0.25, -0.2) is 18.1 Å². The molecule has 0 saturated heterocycles. The number of benzene rings is 2. The van der Waals surface area contributed by atoms with Crippen LogP contribution in [0.5, 0.6) is 17.4 Å². The van der Waals surface area contributed by atoms with E-state index in [2.05, 4.69) is 4.98 Å². The van der Waals surface area contributed by atoms with Crippen LogP contribution in [0, 0.1) is 6.92 Å². The van der Waals surface area contributed by atoms with E-state index in [-0.39, 0.29) is 16.5 Å². The van der Waals surface area contributed by atoms with Gasteiger partial charge in [0.15, 0.2) is 5.75 Å². The molecule has 0 aliphatic carbocycles. The number of para-hydroxylation sites is 1. The number of aryl methyl sites for hydroxylation is 1. The number of ether oxygens (including phenoxy) is 2. The Kier molecular flexibility index (Phi) is 6.74. The summed E-state index contributed by atoms with van der Waals surface area (Å²) in [5, 5.41) is 0.685. The Hall–Kier alpha value is -2.81. The van der Waals surface area contributed by atoms with Crippen molar-refractivity contribution >= 4 is 39.1 Å². The van der Waals surface area contributed by atoms with E-state index >= 15 is 0 Å². The predicted molar refractivity (Wildman–Crippen MR) is 120 cm³/mol. The molecule has 1 amide bonds. The zero-order valence-corrected chi connectivity index (χ0v) is 19.1. The van der Waals surface area contributed by atoms with Crippen LogP contribution in [0.2, 0.25) is 10.0 Å². The van der Waals surface area contributed by atoms with Gasteiger partial charge < -0.3 is 9.47 Å². The SMILES string of the molecule is COc1cc(C(=O)NS(C)(=O)=O)ccc1-c1cnc(Oc2c(C)cccc2Cl)c(Cl)c1. The molecule has 31 heavy (non-hydrogen) atoms. The Morgan fingerprint density at radius 2 is 1.84 bits per heavy atom. The van der Waals surface area contributed by atoms with E-state index in [4.69, 9.17) is 32.7 Å². The third kappa shape index (κ3) is 5.46. The molecule has 162 valence electrons. The lowest BCUT2D eigenvalue weighted by Gasteiger charge is -2.13. The monoisotopic (exact) mass is 480 g/mol. The number of methoxy groups -OCH3 is 1. The first-order chi connectivity index (χ1) is 14.6. The van der Waals surface area contributed by atoms with Gasteiger partial charge >= 0.3 is 0 Å². The largest absolute Gasteiger partial charge is 0.496 e. The molecule has 0 aliphatic heterocycles. The summed E-state index contributed by atoms with van der Waals surface area (Å²) in [5.41, 5.74) is 2.17. The lowest BCUT2D eigenvalue weighted by atomic mass is 10.0. The number of nitrogens with zero attached hydrogens (tertiary/aromatic N) is 1. The second-order valence-electron chi connectivity index (χ2n) is 6.62. The second kappa shape index (κ2) is 9.13. The van der Waals surface area contributed by atoms with E-state index in [0.717, 1.165) is 11.8 Å². The lowest BCUT2D eigenvalue weighted by molar-refractivity contribution is 0.0981. The normalized spacial score (nSPS) is 11.1. The third-order valence-corrected chi connectivity index (χ3v) is 5.35. The van der Waals surface area contributed by atoms with E-state index in [1.807, 2.05) is 23.8 Å². The molecular weight excluding hydrogens is 463 g/mol. The van der Waals surface area contributed by atoms with E-state index in [1.165, 1.54) is 19.2 Å². The molecule has 2 aromatic carbocycles. The van der Waals surface area contributed by atoms with Gasteiger partial charge in [-0.2, -0.15) is 0 Å². The number of hydrogen-bond acceptors (Lipinski definition) is 6. The van der Waals surface area contributed by atoms with E-state index < -0.39 is 15.9 Å². The second-order valence-corrected chi connectivity index (χ2v) is 9.18. The average molecular weight is 481 g/mol. The Bertz CT molecular complexity index is 1240. The van der Waals surface area contributed by atoms with Gasteiger partial charge in [-0.3, -0.25) is 4.79 Å². The van der Waals surface area contributed by atoms with Crippen molar-refractivity contribution in [1.29, 1.82) is 0 Å². The molecule has 0 aliphatic rings. The highest BCUT2D eigenvalue weighted by Crippen LogP contribution is 2.38. The topological polar surface area (TPSA) is 94.6 Å². The highest BCUT2D eigenvalue weighted by molar-refractivity contribution is 7.89. The average Bonchev–Trinajstić information content (AvgIpc) is 2.70. The van der Waals surface area contributed by atoms with Crippen LogP contribution in [0.15, 0.2) is 48.7 Å². The number of sulfonamides is 1. The fourth-order valence-corrected chi connectivity index (χ4v) is 3.71. The molecule has 0 saturated carbocycles. The van der Waals surface area contributed by atoms with Gasteiger partial charge in [0.1, 0.15) is 10.8 Å². The van der Waals surface area contributed by atoms with Gasteiger partial charge in [-0.1, -0.05) is 35.3 Å². The molecule has 0 radical (unpaired) electrons. The Labute approximate surface area is 190 Å². The Morgan fingerprint density at radius 1 is 1.10 bits per heavy atom. The smallest absolute Gasteiger partial charge is 0.264 e. The van der Waals surface area contributed by atoms with Crippen LogP contribution in [0.25, 0.3) is 11.1 Å². The molecule has 0 fully saturated rings. The molecule has 1 aromatic heterocycles. The zero-order valence-electron chi connectivity index (χ0n) is 16.8. The minimum absolute atomic E-state index is 0.124. The maximum atomic E-state index is 12.1. The number of carbonyl (C=O) groups excluding carboxylic acids is 1. The van der Waals surface area contributed by atoms with Crippen LogP contribution in [0.1, 0.15) is 15.9 Å². The molecule has 0 spiro atoms. The Morgan fingerprint density at radius 3 is 2.45 bits per heavy atom. The molecule has 0 atom stereocenters. The van der Waals surface area contributed by atoms with E-state index in [0.29, 0.717) is 27.6 Å². The maximum absolute atomic E-state index is 12.1. The fraction of sp³-hybridized carbons (Fsp3) is 0.143. The quantitative estimate of drug-likeness (QED) is 0.541. The first-order valence-electron chi connectivity index (χ1n) is 8.88. The summed E-state index contributed by atoms with van der Waals surface area (Å²) in [6.45, 7) is 1.86. The summed E-state index contributed by atoms with van der Waals surface area (Å²) in [4.78, 5) is 16.4. The summed E-state index contributed by atoms with van der Waals surface area (Å²) in [7, 11) is -2.25. The number of hydrogen-bond donors (Lipinski definition) is 1. The highest BCUT2D eigenvalue weighted by Gasteiger charge is 2.17. The van der Waals surface area contributed by atoms with Crippen molar-refractivity contribution in [3.05, 3.63) is 69.8 Å². The molecule has 1 N–H and O–H groups in total. The van der Waals surface area contributed by atoms with Crippen LogP contribution in [-0.4, -0.2) is 32.7 Å². The Balaban J connectivity index is 1.93. The van der Waals surface area contributed by atoms with Crippen molar-refractivity contribution in [2.45, 2.75) is 6.92 Å². The summed E-state index contributed by atoms with van der Waals surface area (Å²) in [6, 6.07) is 11.5. The number of amides is 1. The summed E-state index contributed by atoms with van der Waals surface area (Å²) >= 11 is 12.6. The van der Waals surface area contributed by atoms with Gasteiger partial charge in [-0.05, 0) is 42.8 Å². The number of pyridine rings is 1. The number of rotatable bonds is 6. The van der Waals surface area contributed by atoms with Crippen LogP contribution < -0.4 is 14.2 Å². The number of carbonyl (C=O) groups is 1. The molecule has 3 aromatic rings. The van der Waals surface area contributed by atoms with Crippen molar-refractivity contribution in [2.24, 2.45) is 0 Å². The van der Waals surface area contributed by atoms with Gasteiger partial charge in [-0.15, -0.1) is 0 Å². The lowest BCUT2D eigenvalue weighted by Crippen LogP contribution is -2.29. The van der Waals surface area contributed by atoms with Crippen LogP contribution in [-0.2, 0) is 10.0 Å². The standard InChI is InChI=1S/C21H18Cl2N2O5S/c1-12-5-4-6-16(22)19(12)30-21-17(23)9-14(11-24-21)15-8-7-13(10-18(15)29-2)20(26)25-31(3,27)28/h4-11H,1-3H3,(H,25,26). The van der Waals surface area contributed by atoms with Crippen LogP contribution >= 0.6 is 23.2 Å². The van der Waals surface area contributed by atoms with Crippen molar-refractivity contribution in [2.75, 3.05) is 13.4 Å². The van der Waals surface area contributed by atoms with Gasteiger partial charge in [0.05, 0.1) is 18.4 Å². The molecule has 7 nitrogen and oxygen atoms in total. The van der Waals surface area contributed by atoms with Gasteiger partial charge in [0.2, 0.25) is 15.9 Å². The van der Waals surface area contributed by atoms with E-state index in [9.17, 15) is 13.2 Å². The molecule has 10 heteroatoms. The molecule has 3 rings (SSSR count). The van der Waals surface area contributed by atoms with Gasteiger partial charge in [0.25, 0.3) is 5.91 Å². The summed E-state index contributed by atoms with van der Waals surface area (Å²) in [6.07, 6.45) is 2.44. The zero-order chi connectivity index (χ0) is 22.8. The molecular formula is C21H18Cl2N2O5S. The van der Waals surface area contributed by atoms with Crippen molar-refractivity contribution < 1.29 is 22.7 Å². The summed E-state index contributed by atoms with van der Waals surface area (Å²) in [5.74, 6) is 0.229. The first kappa shape index (κ1) is 22.9. The van der Waals surface area contributed by atoms with Crippen LogP contribution in [0.4, 0.5) is 0 Å². The van der Waals surface area contributed by atoms with Crippen LogP contribution in [0.3, 0.4) is 0 Å². The number of halogens is 2. The van der Waals surface area contributed by atoms with Crippen molar-refractivity contribution in [1.82, 2.24) is 9.71 Å². The maximum Gasteiger partial charge on any atom is 0.264 e. The third-order valence-electron chi connectivity index (χ3n) is 4.22. The highest BCUT2D eigenvalue weighted by atomic mass is 35.5. The summed E-state index contributed by atoms with van der Waals surface area (Å²) < 4.78 is 35.7. The van der Waals surface area contributed by atoms with Crippen molar-refractivity contribution in [3.8, 4) is 28.5 Å². The fourth-order valence-electron chi connectivity index (χ4n) is 2.79. The molecule has 0 bridgehead atoms. The first-order valence-corrected chi connectivity index (χ1v) is 11.5. The molecule has 0 unspecified atom stereocenters. The van der Waals surface area contributed by atoms with Crippen molar-refractivity contribution in [3.63, 3.8) is 0 Å². The number of aromatic nitrogens is 1. The van der Waals surface area contributed by atoms with Gasteiger partial charge in [0, 0.05) is 22.9 Å². The molecule has 1 heterocycles. The minimum atomic E-state index is -3.69. The predicted octanol–water partition coefficient (Wildman–Crippen LogP) is 4.85. The number of nitrogens with one attached hydrogen (secondary N) is 1. The van der Waals surface area contributed by atoms with E-state index in [1.54, 1.807) is 24.4 Å².